The van der Waals surface area contributed by atoms with Gasteiger partial charge < -0.3 is 0 Å². The Balaban J connectivity index is 2.91. The first-order chi connectivity index (χ1) is 5.55. The van der Waals surface area contributed by atoms with E-state index in [2.05, 4.69) is 46.9 Å². The first-order valence-electron chi connectivity index (χ1n) is 4.14. The Morgan fingerprint density at radius 1 is 1.50 bits per heavy atom. The van der Waals surface area contributed by atoms with Crippen LogP contribution in [-0.4, -0.2) is 15.5 Å². The van der Waals surface area contributed by atoms with Crippen molar-refractivity contribution >= 4 is 15.9 Å². The number of hydrogen-bond acceptors (Lipinski definition) is 1. The second-order valence-electron chi connectivity index (χ2n) is 3.96. The van der Waals surface area contributed by atoms with E-state index in [4.69, 9.17) is 0 Å². The fraction of sp³-hybridized carbons (Fsp3) is 0.667. The van der Waals surface area contributed by atoms with Gasteiger partial charge >= 0.3 is 0 Å². The van der Waals surface area contributed by atoms with Crippen LogP contribution in [0.15, 0.2) is 6.20 Å². The van der Waals surface area contributed by atoms with Crippen LogP contribution in [0, 0.1) is 0 Å². The molecule has 0 aliphatic carbocycles. The number of aromatic amines is 1. The minimum atomic E-state index is 0.175. The fourth-order valence-corrected chi connectivity index (χ4v) is 1.68. The van der Waals surface area contributed by atoms with E-state index in [0.29, 0.717) is 0 Å². The summed E-state index contributed by atoms with van der Waals surface area (Å²) in [4.78, 5) is 0. The number of H-pyrrole nitrogens is 1. The number of hydrogen-bond donors (Lipinski definition) is 1. The molecule has 0 unspecified atom stereocenters. The number of nitrogens with zero attached hydrogens (tertiary/aromatic N) is 1. The Labute approximate surface area is 81.9 Å². The molecule has 12 heavy (non-hydrogen) atoms. The van der Waals surface area contributed by atoms with Gasteiger partial charge in [-0.1, -0.05) is 36.7 Å². The van der Waals surface area contributed by atoms with E-state index in [1.54, 1.807) is 0 Å². The smallest absolute Gasteiger partial charge is 0.0522 e. The Hall–Kier alpha value is -0.310. The minimum Gasteiger partial charge on any atom is -0.282 e. The molecular formula is C9H15BrN2. The molecule has 0 aliphatic rings. The quantitative estimate of drug-likeness (QED) is 0.779. The molecule has 1 N–H and O–H groups in total. The van der Waals surface area contributed by atoms with Crippen molar-refractivity contribution in [3.63, 3.8) is 0 Å². The molecule has 0 atom stereocenters. The molecule has 0 fully saturated rings. The molecule has 0 amide bonds. The maximum atomic E-state index is 4.06. The summed E-state index contributed by atoms with van der Waals surface area (Å²) in [7, 11) is 0. The van der Waals surface area contributed by atoms with E-state index < -0.39 is 0 Å². The number of aryl methyl sites for hydroxylation is 1. The van der Waals surface area contributed by atoms with Gasteiger partial charge in [0, 0.05) is 16.4 Å². The van der Waals surface area contributed by atoms with Gasteiger partial charge in [0.25, 0.3) is 0 Å². The van der Waals surface area contributed by atoms with Crippen molar-refractivity contribution in [3.05, 3.63) is 17.5 Å². The first kappa shape index (κ1) is 9.78. The van der Waals surface area contributed by atoms with Crippen LogP contribution < -0.4 is 0 Å². The van der Waals surface area contributed by atoms with Gasteiger partial charge in [-0.3, -0.25) is 5.10 Å². The normalized spacial score (nSPS) is 12.0. The lowest BCUT2D eigenvalue weighted by atomic mass is 9.89. The lowest BCUT2D eigenvalue weighted by Crippen LogP contribution is -2.14. The summed E-state index contributed by atoms with van der Waals surface area (Å²) in [5.41, 5.74) is 2.75. The van der Waals surface area contributed by atoms with Crippen molar-refractivity contribution in [1.29, 1.82) is 0 Å². The Morgan fingerprint density at radius 2 is 2.17 bits per heavy atom. The van der Waals surface area contributed by atoms with Gasteiger partial charge in [0.15, 0.2) is 0 Å². The summed E-state index contributed by atoms with van der Waals surface area (Å²) in [6, 6.07) is 0. The SMILES string of the molecule is CC(C)(C)c1[nH]ncc1CCBr. The average Bonchev–Trinajstić information content (AvgIpc) is 2.34. The molecule has 1 aromatic rings. The molecule has 3 heteroatoms. The van der Waals surface area contributed by atoms with Crippen molar-refractivity contribution in [2.45, 2.75) is 32.6 Å². The lowest BCUT2D eigenvalue weighted by Gasteiger charge is -2.17. The second kappa shape index (κ2) is 3.60. The van der Waals surface area contributed by atoms with Gasteiger partial charge in [-0.25, -0.2) is 0 Å². The largest absolute Gasteiger partial charge is 0.282 e. The maximum Gasteiger partial charge on any atom is 0.0522 e. The zero-order chi connectivity index (χ0) is 9.19. The zero-order valence-corrected chi connectivity index (χ0v) is 9.40. The van der Waals surface area contributed by atoms with Crippen molar-refractivity contribution in [1.82, 2.24) is 10.2 Å². The highest BCUT2D eigenvalue weighted by Crippen LogP contribution is 2.23. The third-order valence-corrected chi connectivity index (χ3v) is 2.23. The molecular weight excluding hydrogens is 216 g/mol. The lowest BCUT2D eigenvalue weighted by molar-refractivity contribution is 0.561. The zero-order valence-electron chi connectivity index (χ0n) is 7.82. The molecule has 1 rings (SSSR count). The summed E-state index contributed by atoms with van der Waals surface area (Å²) in [5, 5.41) is 8.12. The summed E-state index contributed by atoms with van der Waals surface area (Å²) in [6.45, 7) is 6.58. The Morgan fingerprint density at radius 3 is 2.67 bits per heavy atom. The predicted octanol–water partition coefficient (Wildman–Crippen LogP) is 2.64. The number of rotatable bonds is 2. The molecule has 68 valence electrons. The molecule has 0 bridgehead atoms. The molecule has 0 saturated heterocycles. The molecule has 0 spiro atoms. The molecule has 0 radical (unpaired) electrons. The number of nitrogens with one attached hydrogen (secondary N) is 1. The van der Waals surface area contributed by atoms with Crippen LogP contribution in [0.25, 0.3) is 0 Å². The van der Waals surface area contributed by atoms with Crippen molar-refractivity contribution in [3.8, 4) is 0 Å². The summed E-state index contributed by atoms with van der Waals surface area (Å²) >= 11 is 3.43. The van der Waals surface area contributed by atoms with E-state index in [1.807, 2.05) is 6.20 Å². The van der Waals surface area contributed by atoms with Gasteiger partial charge in [-0.2, -0.15) is 5.10 Å². The Bertz CT molecular complexity index is 247. The maximum absolute atomic E-state index is 4.06. The van der Waals surface area contributed by atoms with Crippen LogP contribution in [0.5, 0.6) is 0 Å². The molecule has 2 nitrogen and oxygen atoms in total. The highest BCUT2D eigenvalue weighted by atomic mass is 79.9. The van der Waals surface area contributed by atoms with Crippen molar-refractivity contribution < 1.29 is 0 Å². The van der Waals surface area contributed by atoms with Crippen LogP contribution in [0.4, 0.5) is 0 Å². The summed E-state index contributed by atoms with van der Waals surface area (Å²) < 4.78 is 0. The van der Waals surface area contributed by atoms with E-state index in [-0.39, 0.29) is 5.41 Å². The van der Waals surface area contributed by atoms with Crippen LogP contribution >= 0.6 is 15.9 Å². The Kier molecular flexibility index (Phi) is 2.94. The monoisotopic (exact) mass is 230 g/mol. The molecule has 0 saturated carbocycles. The van der Waals surface area contributed by atoms with Crippen LogP contribution in [0.3, 0.4) is 0 Å². The van der Waals surface area contributed by atoms with E-state index >= 15 is 0 Å². The van der Waals surface area contributed by atoms with Crippen LogP contribution in [0.1, 0.15) is 32.0 Å². The number of aromatic nitrogens is 2. The topological polar surface area (TPSA) is 28.7 Å². The van der Waals surface area contributed by atoms with Crippen LogP contribution in [-0.2, 0) is 11.8 Å². The molecule has 1 aromatic heterocycles. The van der Waals surface area contributed by atoms with Gasteiger partial charge in [0.2, 0.25) is 0 Å². The number of alkyl halides is 1. The minimum absolute atomic E-state index is 0.175. The van der Waals surface area contributed by atoms with E-state index in [1.165, 1.54) is 11.3 Å². The highest BCUT2D eigenvalue weighted by Gasteiger charge is 2.19. The second-order valence-corrected chi connectivity index (χ2v) is 4.75. The average molecular weight is 231 g/mol. The summed E-state index contributed by atoms with van der Waals surface area (Å²) in [5.74, 6) is 0. The summed E-state index contributed by atoms with van der Waals surface area (Å²) in [6.07, 6.45) is 2.96. The van der Waals surface area contributed by atoms with Gasteiger partial charge in [0.1, 0.15) is 0 Å². The third kappa shape index (κ3) is 2.09. The van der Waals surface area contributed by atoms with Crippen molar-refractivity contribution in [2.24, 2.45) is 0 Å². The van der Waals surface area contributed by atoms with Crippen molar-refractivity contribution in [2.75, 3.05) is 5.33 Å². The van der Waals surface area contributed by atoms with Gasteiger partial charge in [-0.05, 0) is 12.0 Å². The van der Waals surface area contributed by atoms with Gasteiger partial charge in [0.05, 0.1) is 6.20 Å². The highest BCUT2D eigenvalue weighted by molar-refractivity contribution is 9.09. The number of halogens is 1. The molecule has 0 aromatic carbocycles. The van der Waals surface area contributed by atoms with Crippen LogP contribution in [0.2, 0.25) is 0 Å². The third-order valence-electron chi connectivity index (χ3n) is 1.83. The van der Waals surface area contributed by atoms with E-state index in [9.17, 15) is 0 Å². The van der Waals surface area contributed by atoms with Gasteiger partial charge in [-0.15, -0.1) is 0 Å². The van der Waals surface area contributed by atoms with E-state index in [0.717, 1.165) is 11.8 Å². The first-order valence-corrected chi connectivity index (χ1v) is 5.26. The molecule has 0 aliphatic heterocycles. The standard InChI is InChI=1S/C9H15BrN2/c1-9(2,3)8-7(4-5-10)6-11-12-8/h6H,4-5H2,1-3H3,(H,11,12). The predicted molar refractivity (Wildman–Crippen MR) is 54.8 cm³/mol. The molecule has 1 heterocycles. The fourth-order valence-electron chi connectivity index (χ4n) is 1.25.